The average molecular weight is 399 g/mol. The third-order valence-corrected chi connectivity index (χ3v) is 4.90. The summed E-state index contributed by atoms with van der Waals surface area (Å²) in [7, 11) is 0. The van der Waals surface area contributed by atoms with E-state index in [1.807, 2.05) is 19.9 Å². The first-order valence-electron chi connectivity index (χ1n) is 9.62. The van der Waals surface area contributed by atoms with E-state index in [0.717, 1.165) is 6.54 Å². The van der Waals surface area contributed by atoms with Crippen LogP contribution >= 0.6 is 0 Å². The van der Waals surface area contributed by atoms with Crippen molar-refractivity contribution in [1.82, 2.24) is 24.6 Å². The minimum atomic E-state index is -0.494. The van der Waals surface area contributed by atoms with E-state index in [2.05, 4.69) is 25.4 Å². The van der Waals surface area contributed by atoms with E-state index in [1.165, 1.54) is 12.8 Å². The van der Waals surface area contributed by atoms with Crippen molar-refractivity contribution in [2.75, 3.05) is 25.0 Å². The SMILES string of the molecule is CC(C)(CO)CNc1cc(=NCC2CC2)n2ncc(=Cc3[nH]c(=O)[nH]c3O)c2n1. The first kappa shape index (κ1) is 19.2. The second-order valence-electron chi connectivity index (χ2n) is 8.28. The molecule has 1 fully saturated rings. The largest absolute Gasteiger partial charge is 0.493 e. The number of aromatic hydroxyl groups is 1. The van der Waals surface area contributed by atoms with Gasteiger partial charge in [-0.2, -0.15) is 9.61 Å². The van der Waals surface area contributed by atoms with Crippen LogP contribution in [0.2, 0.25) is 0 Å². The predicted octanol–water partition coefficient (Wildman–Crippen LogP) is -0.260. The van der Waals surface area contributed by atoms with Gasteiger partial charge in [-0.1, -0.05) is 13.8 Å². The van der Waals surface area contributed by atoms with E-state index in [0.29, 0.717) is 34.6 Å². The van der Waals surface area contributed by atoms with Crippen molar-refractivity contribution in [3.63, 3.8) is 0 Å². The van der Waals surface area contributed by atoms with Crippen molar-refractivity contribution in [3.05, 3.63) is 39.1 Å². The van der Waals surface area contributed by atoms with Gasteiger partial charge in [-0.25, -0.2) is 9.78 Å². The lowest BCUT2D eigenvalue weighted by molar-refractivity contribution is 0.170. The zero-order valence-corrected chi connectivity index (χ0v) is 16.4. The molecule has 0 unspecified atom stereocenters. The Morgan fingerprint density at radius 2 is 2.21 bits per heavy atom. The van der Waals surface area contributed by atoms with Gasteiger partial charge in [-0.05, 0) is 24.8 Å². The molecule has 3 aromatic rings. The Balaban J connectivity index is 1.81. The van der Waals surface area contributed by atoms with Gasteiger partial charge in [0.05, 0.1) is 6.20 Å². The van der Waals surface area contributed by atoms with Gasteiger partial charge in [0.1, 0.15) is 11.5 Å². The maximum absolute atomic E-state index is 11.4. The third kappa shape index (κ3) is 4.32. The topological polar surface area (TPSA) is 144 Å². The number of aromatic nitrogens is 5. The number of hydrogen-bond donors (Lipinski definition) is 5. The van der Waals surface area contributed by atoms with Gasteiger partial charge in [-0.15, -0.1) is 0 Å². The molecule has 0 amide bonds. The van der Waals surface area contributed by atoms with E-state index in [9.17, 15) is 15.0 Å². The standard InChI is InChI=1S/C19H25N7O3/c1-19(2,10-27)9-21-14-6-15(20-7-11-3-4-11)26-16(24-14)12(8-22-26)5-13-17(28)25-18(29)23-13/h5-6,8,11,21,27-28H,3-4,7,9-10H2,1-2H3,(H2,23,25,29). The van der Waals surface area contributed by atoms with Crippen LogP contribution in [-0.4, -0.2) is 54.5 Å². The fourth-order valence-electron chi connectivity index (χ4n) is 2.83. The molecule has 5 N–H and O–H groups in total. The first-order valence-corrected chi connectivity index (χ1v) is 9.62. The lowest BCUT2D eigenvalue weighted by Gasteiger charge is -2.22. The van der Waals surface area contributed by atoms with Crippen molar-refractivity contribution in [2.24, 2.45) is 16.3 Å². The van der Waals surface area contributed by atoms with Crippen LogP contribution < -0.4 is 21.7 Å². The Bertz CT molecular complexity index is 1200. The van der Waals surface area contributed by atoms with Crippen molar-refractivity contribution in [3.8, 4) is 5.88 Å². The van der Waals surface area contributed by atoms with Crippen molar-refractivity contribution in [2.45, 2.75) is 26.7 Å². The van der Waals surface area contributed by atoms with Crippen LogP contribution in [0.3, 0.4) is 0 Å². The van der Waals surface area contributed by atoms with Crippen LogP contribution in [0.25, 0.3) is 11.7 Å². The van der Waals surface area contributed by atoms with E-state index >= 15 is 0 Å². The molecule has 3 heterocycles. The molecular formula is C19H25N7O3. The molecule has 10 nitrogen and oxygen atoms in total. The van der Waals surface area contributed by atoms with E-state index in [-0.39, 0.29) is 23.6 Å². The van der Waals surface area contributed by atoms with E-state index in [4.69, 9.17) is 4.99 Å². The summed E-state index contributed by atoms with van der Waals surface area (Å²) >= 11 is 0. The molecule has 0 aromatic carbocycles. The number of aliphatic hydroxyl groups excluding tert-OH is 1. The molecule has 4 rings (SSSR count). The first-order chi connectivity index (χ1) is 13.8. The molecule has 154 valence electrons. The van der Waals surface area contributed by atoms with E-state index < -0.39 is 5.69 Å². The Morgan fingerprint density at radius 1 is 1.41 bits per heavy atom. The van der Waals surface area contributed by atoms with Crippen LogP contribution in [-0.2, 0) is 0 Å². The number of rotatable bonds is 7. The van der Waals surface area contributed by atoms with Crippen LogP contribution in [0.4, 0.5) is 5.82 Å². The lowest BCUT2D eigenvalue weighted by Crippen LogP contribution is -2.28. The minimum absolute atomic E-state index is 0.0486. The second kappa shape index (κ2) is 7.36. The number of hydrogen-bond acceptors (Lipinski definition) is 7. The zero-order chi connectivity index (χ0) is 20.6. The maximum Gasteiger partial charge on any atom is 0.326 e. The number of nitrogens with zero attached hydrogens (tertiary/aromatic N) is 4. The van der Waals surface area contributed by atoms with Gasteiger partial charge in [0.15, 0.2) is 11.1 Å². The average Bonchev–Trinajstić information content (AvgIpc) is 3.35. The molecule has 10 heteroatoms. The van der Waals surface area contributed by atoms with Gasteiger partial charge < -0.3 is 20.5 Å². The summed E-state index contributed by atoms with van der Waals surface area (Å²) in [6, 6.07) is 1.84. The summed E-state index contributed by atoms with van der Waals surface area (Å²) in [6.07, 6.45) is 5.62. The Hall–Kier alpha value is -3.14. The van der Waals surface area contributed by atoms with Gasteiger partial charge in [0, 0.05) is 36.4 Å². The van der Waals surface area contributed by atoms with Crippen LogP contribution in [0, 0.1) is 11.3 Å². The quantitative estimate of drug-likeness (QED) is 0.370. The van der Waals surface area contributed by atoms with Gasteiger partial charge >= 0.3 is 5.69 Å². The second-order valence-corrected chi connectivity index (χ2v) is 8.28. The monoisotopic (exact) mass is 399 g/mol. The number of aliphatic hydroxyl groups is 1. The third-order valence-electron chi connectivity index (χ3n) is 4.90. The Morgan fingerprint density at radius 3 is 2.86 bits per heavy atom. The molecule has 0 aliphatic heterocycles. The van der Waals surface area contributed by atoms with Crippen molar-refractivity contribution < 1.29 is 10.2 Å². The normalized spacial score (nSPS) is 16.1. The molecular weight excluding hydrogens is 374 g/mol. The molecule has 3 aromatic heterocycles. The highest BCUT2D eigenvalue weighted by atomic mass is 16.3. The number of aromatic amines is 2. The molecule has 0 saturated heterocycles. The number of imidazole rings is 1. The van der Waals surface area contributed by atoms with Crippen molar-refractivity contribution >= 4 is 17.5 Å². The van der Waals surface area contributed by atoms with Crippen LogP contribution in [0.15, 0.2) is 22.1 Å². The van der Waals surface area contributed by atoms with Crippen LogP contribution in [0.5, 0.6) is 5.88 Å². The van der Waals surface area contributed by atoms with E-state index in [1.54, 1.807) is 16.8 Å². The molecule has 0 atom stereocenters. The molecule has 1 aliphatic carbocycles. The Labute approximate surface area is 166 Å². The minimum Gasteiger partial charge on any atom is -0.493 e. The highest BCUT2D eigenvalue weighted by molar-refractivity contribution is 5.57. The molecule has 29 heavy (non-hydrogen) atoms. The molecule has 1 saturated carbocycles. The van der Waals surface area contributed by atoms with Gasteiger partial charge in [0.25, 0.3) is 0 Å². The number of fused-ring (bicyclic) bond motifs is 1. The highest BCUT2D eigenvalue weighted by Crippen LogP contribution is 2.28. The number of anilines is 1. The summed E-state index contributed by atoms with van der Waals surface area (Å²) in [6.45, 7) is 5.24. The highest BCUT2D eigenvalue weighted by Gasteiger charge is 2.20. The van der Waals surface area contributed by atoms with Gasteiger partial charge in [-0.3, -0.25) is 9.98 Å². The van der Waals surface area contributed by atoms with Crippen molar-refractivity contribution in [1.29, 1.82) is 0 Å². The predicted molar refractivity (Wildman–Crippen MR) is 107 cm³/mol. The van der Waals surface area contributed by atoms with Crippen LogP contribution in [0.1, 0.15) is 32.4 Å². The molecule has 0 spiro atoms. The summed E-state index contributed by atoms with van der Waals surface area (Å²) in [4.78, 5) is 25.6. The number of H-pyrrole nitrogens is 2. The summed E-state index contributed by atoms with van der Waals surface area (Å²) in [5, 5.41) is 27.6. The zero-order valence-electron chi connectivity index (χ0n) is 16.4. The summed E-state index contributed by atoms with van der Waals surface area (Å²) in [5.41, 5.74) is 0.686. The molecule has 0 bridgehead atoms. The molecule has 1 aliphatic rings. The fraction of sp³-hybridized carbons (Fsp3) is 0.474. The summed E-state index contributed by atoms with van der Waals surface area (Å²) < 4.78 is 1.65. The lowest BCUT2D eigenvalue weighted by atomic mass is 9.95. The summed E-state index contributed by atoms with van der Waals surface area (Å²) in [5.74, 6) is 1.01. The molecule has 0 radical (unpaired) electrons. The fourth-order valence-corrected chi connectivity index (χ4v) is 2.83. The Kier molecular flexibility index (Phi) is 4.87. The maximum atomic E-state index is 11.4. The number of nitrogens with one attached hydrogen (secondary N) is 3. The smallest absolute Gasteiger partial charge is 0.326 e. The van der Waals surface area contributed by atoms with Gasteiger partial charge in [0.2, 0.25) is 5.88 Å².